The Morgan fingerprint density at radius 1 is 1.73 bits per heavy atom. The van der Waals surface area contributed by atoms with Crippen molar-refractivity contribution in [3.63, 3.8) is 0 Å². The van der Waals surface area contributed by atoms with E-state index in [1.165, 1.54) is 0 Å². The number of nitrogens with zero attached hydrogens (tertiary/aromatic N) is 1. The highest BCUT2D eigenvalue weighted by atomic mass is 16.5. The maximum atomic E-state index is 11.2. The SMILES string of the molecule is C=C[C@@H]1CC(=O)N2COC[C@@H]12. The van der Waals surface area contributed by atoms with Gasteiger partial charge in [0.15, 0.2) is 0 Å². The molecule has 2 saturated heterocycles. The third-order valence-electron chi connectivity index (χ3n) is 2.45. The largest absolute Gasteiger partial charge is 0.359 e. The van der Waals surface area contributed by atoms with Crippen molar-refractivity contribution < 1.29 is 9.53 Å². The molecule has 2 rings (SSSR count). The minimum absolute atomic E-state index is 0.206. The van der Waals surface area contributed by atoms with E-state index in [2.05, 4.69) is 6.58 Å². The van der Waals surface area contributed by atoms with E-state index in [1.54, 1.807) is 4.90 Å². The fourth-order valence-electron chi connectivity index (χ4n) is 1.76. The molecule has 0 spiro atoms. The van der Waals surface area contributed by atoms with Crippen LogP contribution in [0.15, 0.2) is 12.7 Å². The van der Waals surface area contributed by atoms with E-state index in [1.807, 2.05) is 6.08 Å². The van der Waals surface area contributed by atoms with Gasteiger partial charge in [-0.05, 0) is 0 Å². The number of fused-ring (bicyclic) bond motifs is 1. The lowest BCUT2D eigenvalue weighted by molar-refractivity contribution is -0.129. The Morgan fingerprint density at radius 3 is 3.27 bits per heavy atom. The highest BCUT2D eigenvalue weighted by Crippen LogP contribution is 2.29. The number of amides is 1. The molecule has 2 aliphatic heterocycles. The molecule has 60 valence electrons. The van der Waals surface area contributed by atoms with E-state index in [4.69, 9.17) is 4.74 Å². The number of carbonyl (C=O) groups excluding carboxylic acids is 1. The topological polar surface area (TPSA) is 29.5 Å². The molecule has 2 fully saturated rings. The summed E-state index contributed by atoms with van der Waals surface area (Å²) in [4.78, 5) is 13.0. The Kier molecular flexibility index (Phi) is 1.46. The van der Waals surface area contributed by atoms with Crippen molar-refractivity contribution >= 4 is 5.91 Å². The summed E-state index contributed by atoms with van der Waals surface area (Å²) in [7, 11) is 0. The maximum Gasteiger partial charge on any atom is 0.225 e. The summed E-state index contributed by atoms with van der Waals surface area (Å²) >= 11 is 0. The molecular weight excluding hydrogens is 142 g/mol. The second-order valence-electron chi connectivity index (χ2n) is 3.03. The summed E-state index contributed by atoms with van der Waals surface area (Å²) in [6, 6.07) is 0.278. The van der Waals surface area contributed by atoms with Crippen molar-refractivity contribution in [2.24, 2.45) is 5.92 Å². The molecular formula is C8H11NO2. The van der Waals surface area contributed by atoms with Gasteiger partial charge in [-0.3, -0.25) is 4.79 Å². The van der Waals surface area contributed by atoms with Gasteiger partial charge in [0.2, 0.25) is 5.91 Å². The first-order valence-electron chi connectivity index (χ1n) is 3.82. The van der Waals surface area contributed by atoms with Crippen LogP contribution in [0, 0.1) is 5.92 Å². The highest BCUT2D eigenvalue weighted by molar-refractivity contribution is 5.79. The van der Waals surface area contributed by atoms with Gasteiger partial charge in [0.1, 0.15) is 6.73 Å². The van der Waals surface area contributed by atoms with Crippen LogP contribution >= 0.6 is 0 Å². The van der Waals surface area contributed by atoms with E-state index in [0.29, 0.717) is 25.7 Å². The molecule has 0 N–H and O–H groups in total. The molecule has 0 radical (unpaired) electrons. The van der Waals surface area contributed by atoms with Gasteiger partial charge in [-0.2, -0.15) is 0 Å². The van der Waals surface area contributed by atoms with Gasteiger partial charge in [0, 0.05) is 12.3 Å². The van der Waals surface area contributed by atoms with Crippen LogP contribution in [0.4, 0.5) is 0 Å². The van der Waals surface area contributed by atoms with Gasteiger partial charge in [-0.25, -0.2) is 0 Å². The Morgan fingerprint density at radius 2 is 2.55 bits per heavy atom. The molecule has 3 nitrogen and oxygen atoms in total. The zero-order valence-corrected chi connectivity index (χ0v) is 6.32. The van der Waals surface area contributed by atoms with Gasteiger partial charge in [-0.15, -0.1) is 6.58 Å². The lowest BCUT2D eigenvalue weighted by Gasteiger charge is -2.14. The van der Waals surface area contributed by atoms with Crippen LogP contribution in [0.1, 0.15) is 6.42 Å². The fourth-order valence-corrected chi connectivity index (χ4v) is 1.76. The highest BCUT2D eigenvalue weighted by Gasteiger charge is 2.41. The summed E-state index contributed by atoms with van der Waals surface area (Å²) in [6.45, 7) is 4.87. The summed E-state index contributed by atoms with van der Waals surface area (Å²) in [5, 5.41) is 0. The summed E-state index contributed by atoms with van der Waals surface area (Å²) in [5.41, 5.74) is 0. The molecule has 0 bridgehead atoms. The molecule has 0 unspecified atom stereocenters. The van der Waals surface area contributed by atoms with Crippen LogP contribution in [0.25, 0.3) is 0 Å². The van der Waals surface area contributed by atoms with E-state index in [-0.39, 0.29) is 11.9 Å². The Bertz CT molecular complexity index is 202. The van der Waals surface area contributed by atoms with Gasteiger partial charge in [0.05, 0.1) is 12.6 Å². The first-order valence-corrected chi connectivity index (χ1v) is 3.82. The summed E-state index contributed by atoms with van der Waals surface area (Å²) in [6.07, 6.45) is 2.48. The quantitative estimate of drug-likeness (QED) is 0.509. The van der Waals surface area contributed by atoms with Crippen molar-refractivity contribution in [1.82, 2.24) is 4.90 Å². The molecule has 2 aliphatic rings. The van der Waals surface area contributed by atoms with Crippen LogP contribution in [-0.4, -0.2) is 30.2 Å². The number of carbonyl (C=O) groups is 1. The predicted molar refractivity (Wildman–Crippen MR) is 39.8 cm³/mol. The monoisotopic (exact) mass is 153 g/mol. The molecule has 2 heterocycles. The van der Waals surface area contributed by atoms with E-state index in [0.717, 1.165) is 0 Å². The van der Waals surface area contributed by atoms with Gasteiger partial charge >= 0.3 is 0 Å². The first kappa shape index (κ1) is 6.85. The zero-order chi connectivity index (χ0) is 7.84. The minimum atomic E-state index is 0.206. The smallest absolute Gasteiger partial charge is 0.225 e. The number of hydrogen-bond acceptors (Lipinski definition) is 2. The molecule has 0 aromatic rings. The average molecular weight is 153 g/mol. The molecule has 2 atom stereocenters. The van der Waals surface area contributed by atoms with Gasteiger partial charge < -0.3 is 9.64 Å². The van der Waals surface area contributed by atoms with Crippen LogP contribution < -0.4 is 0 Å². The third kappa shape index (κ3) is 0.878. The lowest BCUT2D eigenvalue weighted by Crippen LogP contribution is -2.29. The second-order valence-corrected chi connectivity index (χ2v) is 3.03. The Balaban J connectivity index is 2.19. The second kappa shape index (κ2) is 2.34. The van der Waals surface area contributed by atoms with Gasteiger partial charge in [0.25, 0.3) is 0 Å². The Labute approximate surface area is 65.6 Å². The van der Waals surface area contributed by atoms with Crippen molar-refractivity contribution in [3.8, 4) is 0 Å². The lowest BCUT2D eigenvalue weighted by atomic mass is 10.0. The maximum absolute atomic E-state index is 11.2. The molecule has 0 aromatic carbocycles. The fraction of sp³-hybridized carbons (Fsp3) is 0.625. The standard InChI is InChI=1S/C8H11NO2/c1-2-6-3-8(10)9-5-11-4-7(6)9/h2,6-7H,1,3-5H2/t6-,7+/m1/s1. The number of ether oxygens (including phenoxy) is 1. The third-order valence-corrected chi connectivity index (χ3v) is 2.45. The molecule has 11 heavy (non-hydrogen) atoms. The van der Waals surface area contributed by atoms with Crippen molar-refractivity contribution in [3.05, 3.63) is 12.7 Å². The van der Waals surface area contributed by atoms with Crippen molar-refractivity contribution in [1.29, 1.82) is 0 Å². The van der Waals surface area contributed by atoms with Gasteiger partial charge in [-0.1, -0.05) is 6.08 Å². The minimum Gasteiger partial charge on any atom is -0.359 e. The molecule has 3 heteroatoms. The Hall–Kier alpha value is -0.830. The predicted octanol–water partition coefficient (Wildman–Crippen LogP) is 0.377. The molecule has 0 aliphatic carbocycles. The number of rotatable bonds is 1. The normalized spacial score (nSPS) is 36.0. The molecule has 0 aromatic heterocycles. The average Bonchev–Trinajstić information content (AvgIpc) is 2.54. The van der Waals surface area contributed by atoms with Crippen LogP contribution in [0.2, 0.25) is 0 Å². The van der Waals surface area contributed by atoms with Crippen LogP contribution in [-0.2, 0) is 9.53 Å². The molecule has 1 amide bonds. The van der Waals surface area contributed by atoms with E-state index in [9.17, 15) is 4.79 Å². The van der Waals surface area contributed by atoms with E-state index >= 15 is 0 Å². The zero-order valence-electron chi connectivity index (χ0n) is 6.32. The molecule has 0 saturated carbocycles. The van der Waals surface area contributed by atoms with Crippen LogP contribution in [0.3, 0.4) is 0 Å². The summed E-state index contributed by atoms with van der Waals surface area (Å²) < 4.78 is 5.17. The van der Waals surface area contributed by atoms with E-state index < -0.39 is 0 Å². The van der Waals surface area contributed by atoms with Crippen molar-refractivity contribution in [2.75, 3.05) is 13.3 Å². The van der Waals surface area contributed by atoms with Crippen LogP contribution in [0.5, 0.6) is 0 Å². The summed E-state index contributed by atoms with van der Waals surface area (Å²) in [5.74, 6) is 0.516. The van der Waals surface area contributed by atoms with Crippen molar-refractivity contribution in [2.45, 2.75) is 12.5 Å². The first-order chi connectivity index (χ1) is 5.33. The number of hydrogen-bond donors (Lipinski definition) is 0.